The Morgan fingerprint density at radius 2 is 1.78 bits per heavy atom. The van der Waals surface area contributed by atoms with Gasteiger partial charge < -0.3 is 36.5 Å². The molecule has 1 aromatic heterocycles. The maximum Gasteiger partial charge on any atom is 0.326 e. The van der Waals surface area contributed by atoms with Gasteiger partial charge in [-0.25, -0.2) is 4.79 Å². The molecule has 12 heteroatoms. The van der Waals surface area contributed by atoms with Gasteiger partial charge in [-0.15, -0.1) is 0 Å². The maximum absolute atomic E-state index is 13.2. The molecule has 1 aliphatic rings. The SMILES string of the molecule is CC(NC(=O)C(Cc1c[nH]c2ccccc12)NC(=O)C1CCCN1)C(=O)NC(CCC(=O)O)C(=O)O. The van der Waals surface area contributed by atoms with E-state index in [2.05, 4.69) is 26.3 Å². The van der Waals surface area contributed by atoms with Gasteiger partial charge in [-0.1, -0.05) is 18.2 Å². The van der Waals surface area contributed by atoms with Gasteiger partial charge in [-0.05, 0) is 44.4 Å². The van der Waals surface area contributed by atoms with E-state index < -0.39 is 54.3 Å². The predicted octanol–water partition coefficient (Wildman–Crippen LogP) is -0.114. The summed E-state index contributed by atoms with van der Waals surface area (Å²) in [6, 6.07) is 3.60. The third kappa shape index (κ3) is 7.04. The number of aromatic nitrogens is 1. The van der Waals surface area contributed by atoms with Gasteiger partial charge in [0.05, 0.1) is 6.04 Å². The summed E-state index contributed by atoms with van der Waals surface area (Å²) >= 11 is 0. The number of carboxylic acids is 2. The number of rotatable bonds is 12. The number of aliphatic carboxylic acids is 2. The monoisotopic (exact) mass is 501 g/mol. The smallest absolute Gasteiger partial charge is 0.326 e. The van der Waals surface area contributed by atoms with E-state index in [4.69, 9.17) is 5.11 Å². The molecule has 0 aliphatic carbocycles. The predicted molar refractivity (Wildman–Crippen MR) is 129 cm³/mol. The number of hydrogen-bond acceptors (Lipinski definition) is 6. The van der Waals surface area contributed by atoms with Crippen LogP contribution < -0.4 is 21.3 Å². The zero-order valence-electron chi connectivity index (χ0n) is 19.9. The topological polar surface area (TPSA) is 190 Å². The van der Waals surface area contributed by atoms with Crippen molar-refractivity contribution in [3.8, 4) is 0 Å². The summed E-state index contributed by atoms with van der Waals surface area (Å²) in [4.78, 5) is 63.8. The lowest BCUT2D eigenvalue weighted by Gasteiger charge is -2.23. The van der Waals surface area contributed by atoms with Crippen molar-refractivity contribution >= 4 is 40.6 Å². The second kappa shape index (κ2) is 12.2. The van der Waals surface area contributed by atoms with E-state index in [9.17, 15) is 29.1 Å². The second-order valence-corrected chi connectivity index (χ2v) is 8.84. The molecule has 2 aromatic rings. The first kappa shape index (κ1) is 26.7. The summed E-state index contributed by atoms with van der Waals surface area (Å²) < 4.78 is 0. The summed E-state index contributed by atoms with van der Waals surface area (Å²) in [5.41, 5.74) is 1.69. The van der Waals surface area contributed by atoms with E-state index >= 15 is 0 Å². The van der Waals surface area contributed by atoms with Crippen LogP contribution in [0, 0.1) is 0 Å². The molecule has 194 valence electrons. The Labute approximate surface area is 207 Å². The highest BCUT2D eigenvalue weighted by Gasteiger charge is 2.30. The molecule has 3 amide bonds. The number of fused-ring (bicyclic) bond motifs is 1. The Balaban J connectivity index is 1.70. The summed E-state index contributed by atoms with van der Waals surface area (Å²) in [5, 5.41) is 29.6. The van der Waals surface area contributed by atoms with Crippen LogP contribution in [0.3, 0.4) is 0 Å². The number of nitrogens with one attached hydrogen (secondary N) is 5. The van der Waals surface area contributed by atoms with Gasteiger partial charge in [-0.3, -0.25) is 19.2 Å². The molecule has 1 aliphatic heterocycles. The van der Waals surface area contributed by atoms with E-state index in [1.54, 1.807) is 6.20 Å². The van der Waals surface area contributed by atoms with Gasteiger partial charge in [0.15, 0.2) is 0 Å². The van der Waals surface area contributed by atoms with Crippen molar-refractivity contribution in [2.75, 3.05) is 6.54 Å². The Morgan fingerprint density at radius 1 is 1.03 bits per heavy atom. The average Bonchev–Trinajstić information content (AvgIpc) is 3.51. The highest BCUT2D eigenvalue weighted by atomic mass is 16.4. The first-order valence-electron chi connectivity index (χ1n) is 11.8. The van der Waals surface area contributed by atoms with Gasteiger partial charge in [0, 0.05) is 29.9 Å². The summed E-state index contributed by atoms with van der Waals surface area (Å²) in [6.07, 6.45) is 2.69. The molecule has 36 heavy (non-hydrogen) atoms. The Kier molecular flexibility index (Phi) is 9.01. The van der Waals surface area contributed by atoms with Gasteiger partial charge in [0.25, 0.3) is 0 Å². The number of aromatic amines is 1. The third-order valence-corrected chi connectivity index (χ3v) is 6.12. The Morgan fingerprint density at radius 3 is 2.44 bits per heavy atom. The lowest BCUT2D eigenvalue weighted by atomic mass is 10.0. The number of carbonyl (C=O) groups is 5. The normalized spacial score (nSPS) is 17.6. The minimum absolute atomic E-state index is 0.166. The summed E-state index contributed by atoms with van der Waals surface area (Å²) in [7, 11) is 0. The maximum atomic E-state index is 13.2. The van der Waals surface area contributed by atoms with Crippen LogP contribution in [0.1, 0.15) is 38.2 Å². The Bertz CT molecular complexity index is 1130. The molecule has 3 rings (SSSR count). The lowest BCUT2D eigenvalue weighted by Crippen LogP contribution is -2.56. The number of amides is 3. The van der Waals surface area contributed by atoms with Gasteiger partial charge >= 0.3 is 11.9 Å². The van der Waals surface area contributed by atoms with Crippen molar-refractivity contribution in [1.29, 1.82) is 0 Å². The molecule has 1 fully saturated rings. The minimum Gasteiger partial charge on any atom is -0.481 e. The highest BCUT2D eigenvalue weighted by Crippen LogP contribution is 2.19. The highest BCUT2D eigenvalue weighted by molar-refractivity contribution is 5.94. The van der Waals surface area contributed by atoms with Crippen LogP contribution in [0.25, 0.3) is 10.9 Å². The fraction of sp³-hybridized carbons (Fsp3) is 0.458. The van der Waals surface area contributed by atoms with E-state index in [0.717, 1.165) is 22.9 Å². The van der Waals surface area contributed by atoms with Crippen molar-refractivity contribution in [3.63, 3.8) is 0 Å². The van der Waals surface area contributed by atoms with Crippen LogP contribution >= 0.6 is 0 Å². The van der Waals surface area contributed by atoms with Crippen LogP contribution in [0.4, 0.5) is 0 Å². The fourth-order valence-corrected chi connectivity index (χ4v) is 4.11. The van der Waals surface area contributed by atoms with Crippen molar-refractivity contribution in [2.45, 2.75) is 63.2 Å². The largest absolute Gasteiger partial charge is 0.481 e. The van der Waals surface area contributed by atoms with Crippen LogP contribution in [0.15, 0.2) is 30.5 Å². The van der Waals surface area contributed by atoms with E-state index in [-0.39, 0.29) is 18.7 Å². The van der Waals surface area contributed by atoms with E-state index in [1.807, 2.05) is 24.3 Å². The molecule has 4 unspecified atom stereocenters. The lowest BCUT2D eigenvalue weighted by molar-refractivity contribution is -0.143. The van der Waals surface area contributed by atoms with E-state index in [1.165, 1.54) is 6.92 Å². The number of hydrogen-bond donors (Lipinski definition) is 7. The van der Waals surface area contributed by atoms with Crippen molar-refractivity contribution in [3.05, 3.63) is 36.0 Å². The van der Waals surface area contributed by atoms with Crippen LogP contribution in [-0.2, 0) is 30.4 Å². The second-order valence-electron chi connectivity index (χ2n) is 8.84. The summed E-state index contributed by atoms with van der Waals surface area (Å²) in [6.45, 7) is 2.09. The molecule has 0 bridgehead atoms. The molecular formula is C24H31N5O7. The number of H-pyrrole nitrogens is 1. The quantitative estimate of drug-likeness (QED) is 0.209. The summed E-state index contributed by atoms with van der Waals surface area (Å²) in [5.74, 6) is -4.27. The van der Waals surface area contributed by atoms with Crippen molar-refractivity contribution in [1.82, 2.24) is 26.3 Å². The molecule has 2 heterocycles. The van der Waals surface area contributed by atoms with Crippen LogP contribution in [-0.4, -0.2) is 75.6 Å². The molecule has 0 radical (unpaired) electrons. The molecule has 1 aromatic carbocycles. The van der Waals surface area contributed by atoms with Gasteiger partial charge in [0.2, 0.25) is 17.7 Å². The zero-order valence-corrected chi connectivity index (χ0v) is 19.9. The zero-order chi connectivity index (χ0) is 26.2. The van der Waals surface area contributed by atoms with Crippen LogP contribution in [0.5, 0.6) is 0 Å². The first-order chi connectivity index (χ1) is 17.2. The molecule has 0 saturated carbocycles. The Hall–Kier alpha value is -3.93. The molecule has 12 nitrogen and oxygen atoms in total. The fourth-order valence-electron chi connectivity index (χ4n) is 4.11. The van der Waals surface area contributed by atoms with E-state index in [0.29, 0.717) is 13.0 Å². The molecule has 4 atom stereocenters. The number of carboxylic acid groups (broad SMARTS) is 2. The number of carbonyl (C=O) groups excluding carboxylic acids is 3. The van der Waals surface area contributed by atoms with Crippen LogP contribution in [0.2, 0.25) is 0 Å². The molecular weight excluding hydrogens is 470 g/mol. The third-order valence-electron chi connectivity index (χ3n) is 6.12. The van der Waals surface area contributed by atoms with Gasteiger partial charge in [0.1, 0.15) is 18.1 Å². The molecule has 1 saturated heterocycles. The first-order valence-corrected chi connectivity index (χ1v) is 11.8. The standard InChI is InChI=1S/C24H31N5O7/c1-13(21(32)28-18(24(35)36)8-9-20(30)31)27-23(34)19(29-22(33)17-7-4-10-25-17)11-14-12-26-16-6-3-2-5-15(14)16/h2-3,5-6,12-13,17-19,25-26H,4,7-11H2,1H3,(H,27,34)(H,28,32)(H,29,33)(H,30,31)(H,35,36). The van der Waals surface area contributed by atoms with Crippen molar-refractivity contribution < 1.29 is 34.2 Å². The van der Waals surface area contributed by atoms with Gasteiger partial charge in [-0.2, -0.15) is 0 Å². The number of benzene rings is 1. The minimum atomic E-state index is -1.41. The average molecular weight is 502 g/mol. The molecule has 7 N–H and O–H groups in total. The van der Waals surface area contributed by atoms with Crippen molar-refractivity contribution in [2.24, 2.45) is 0 Å². The number of para-hydroxylation sites is 1. The molecule has 0 spiro atoms.